The number of aliphatic hydroxyl groups excluding tert-OH is 1. The van der Waals surface area contributed by atoms with Crippen molar-refractivity contribution in [3.63, 3.8) is 0 Å². The second-order valence-electron chi connectivity index (χ2n) is 1.41. The van der Waals surface area contributed by atoms with Gasteiger partial charge in [-0.05, 0) is 5.05 Å². The van der Waals surface area contributed by atoms with Crippen LogP contribution in [0.25, 0.3) is 0 Å². The normalized spacial score (nSPS) is 10.3. The van der Waals surface area contributed by atoms with Gasteiger partial charge in [-0.25, -0.2) is 0 Å². The molecule has 0 bridgehead atoms. The number of carboxylic acid groups (broad SMARTS) is 1. The Morgan fingerprint density at radius 3 is 1.91 bits per heavy atom. The van der Waals surface area contributed by atoms with E-state index in [1.54, 1.807) is 0 Å². The third kappa shape index (κ3) is 11.3. The van der Waals surface area contributed by atoms with Crippen LogP contribution in [0.15, 0.2) is 0 Å². The fourth-order valence-electron chi connectivity index (χ4n) is 0.241. The summed E-state index contributed by atoms with van der Waals surface area (Å²) in [4.78, 5) is 9.64. The van der Waals surface area contributed by atoms with E-state index in [0.717, 1.165) is 0 Å². The maximum atomic E-state index is 9.95. The SMILES string of the molecule is O=C([O-])CC(O)C([O-])=S.[Na+].[Na+]. The van der Waals surface area contributed by atoms with Gasteiger partial charge in [-0.1, -0.05) is 12.2 Å². The second kappa shape index (κ2) is 9.41. The van der Waals surface area contributed by atoms with Gasteiger partial charge in [0.25, 0.3) is 0 Å². The molecule has 1 atom stereocenters. The van der Waals surface area contributed by atoms with Crippen LogP contribution in [0.3, 0.4) is 0 Å². The summed E-state index contributed by atoms with van der Waals surface area (Å²) in [6.45, 7) is 0. The minimum absolute atomic E-state index is 0. The van der Waals surface area contributed by atoms with E-state index in [4.69, 9.17) is 5.11 Å². The van der Waals surface area contributed by atoms with Gasteiger partial charge in [0.05, 0.1) is 6.10 Å². The summed E-state index contributed by atoms with van der Waals surface area (Å²) < 4.78 is 0. The molecule has 52 valence electrons. The molecule has 0 saturated carbocycles. The molecule has 0 aliphatic rings. The van der Waals surface area contributed by atoms with Gasteiger partial charge in [0.2, 0.25) is 0 Å². The van der Waals surface area contributed by atoms with Gasteiger partial charge in [-0.3, -0.25) is 0 Å². The minimum Gasteiger partial charge on any atom is -0.866 e. The molecule has 0 amide bonds. The van der Waals surface area contributed by atoms with Crippen molar-refractivity contribution >= 4 is 23.2 Å². The molecule has 0 rings (SSSR count). The van der Waals surface area contributed by atoms with Crippen LogP contribution in [0.5, 0.6) is 0 Å². The molecule has 0 fully saturated rings. The van der Waals surface area contributed by atoms with Gasteiger partial charge in [0, 0.05) is 12.4 Å². The molecule has 1 N–H and O–H groups in total. The summed E-state index contributed by atoms with van der Waals surface area (Å²) in [6, 6.07) is 0. The maximum Gasteiger partial charge on any atom is 1.00 e. The van der Waals surface area contributed by atoms with Crippen LogP contribution in [0.4, 0.5) is 0 Å². The first kappa shape index (κ1) is 18.2. The molecule has 4 nitrogen and oxygen atoms in total. The van der Waals surface area contributed by atoms with Crippen molar-refractivity contribution in [3.8, 4) is 0 Å². The second-order valence-corrected chi connectivity index (χ2v) is 1.81. The Hall–Kier alpha value is 1.32. The fourth-order valence-corrected chi connectivity index (χ4v) is 0.325. The van der Waals surface area contributed by atoms with Crippen molar-refractivity contribution < 1.29 is 79.2 Å². The predicted octanol–water partition coefficient (Wildman–Crippen LogP) is -8.82. The number of thiocarbonyl (C=S) groups is 1. The summed E-state index contributed by atoms with van der Waals surface area (Å²) in [7, 11) is 0. The van der Waals surface area contributed by atoms with Gasteiger partial charge in [-0.15, -0.1) is 0 Å². The standard InChI is InChI=1S/C4H6O4S.2Na/c5-2(4(8)9)1-3(6)7;;/h2,5H,1H2,(H,6,7)(H,8,9);;/q;2*+1/p-2. The number of hydrogen-bond donors (Lipinski definition) is 1. The monoisotopic (exact) mass is 194 g/mol. The molecule has 0 heterocycles. The zero-order chi connectivity index (χ0) is 7.44. The van der Waals surface area contributed by atoms with Crippen LogP contribution in [0.1, 0.15) is 6.42 Å². The molecule has 0 spiro atoms. The van der Waals surface area contributed by atoms with Gasteiger partial charge in [0.15, 0.2) is 0 Å². The number of carbonyl (C=O) groups excluding carboxylic acids is 1. The topological polar surface area (TPSA) is 83.4 Å². The first-order valence-corrected chi connectivity index (χ1v) is 2.53. The Kier molecular flexibility index (Phi) is 15.5. The molecule has 0 aromatic heterocycles. The Bertz CT molecular complexity index is 140. The number of aliphatic hydroxyl groups is 1. The largest absolute Gasteiger partial charge is 1.00 e. The molecule has 0 aliphatic carbocycles. The summed E-state index contributed by atoms with van der Waals surface area (Å²) in [5, 5.41) is 27.0. The molecule has 1 unspecified atom stereocenters. The average molecular weight is 194 g/mol. The third-order valence-electron chi connectivity index (χ3n) is 0.632. The first-order valence-electron chi connectivity index (χ1n) is 2.13. The van der Waals surface area contributed by atoms with E-state index in [1.165, 1.54) is 0 Å². The number of carbonyl (C=O) groups is 1. The van der Waals surface area contributed by atoms with Gasteiger partial charge in [-0.2, -0.15) is 0 Å². The summed E-state index contributed by atoms with van der Waals surface area (Å²) in [6.07, 6.45) is -2.31. The molecule has 0 aromatic carbocycles. The first-order chi connectivity index (χ1) is 4.04. The Morgan fingerprint density at radius 2 is 1.82 bits per heavy atom. The van der Waals surface area contributed by atoms with Crippen molar-refractivity contribution in [3.05, 3.63) is 0 Å². The van der Waals surface area contributed by atoms with E-state index in [-0.39, 0.29) is 59.1 Å². The van der Waals surface area contributed by atoms with Crippen LogP contribution in [0.2, 0.25) is 0 Å². The van der Waals surface area contributed by atoms with Crippen molar-refractivity contribution in [2.75, 3.05) is 0 Å². The van der Waals surface area contributed by atoms with Crippen LogP contribution >= 0.6 is 12.2 Å². The zero-order valence-electron chi connectivity index (χ0n) is 6.36. The predicted molar refractivity (Wildman–Crippen MR) is 28.2 cm³/mol. The average Bonchev–Trinajstić information content (AvgIpc) is 1.63. The number of rotatable bonds is 3. The van der Waals surface area contributed by atoms with E-state index >= 15 is 0 Å². The smallest absolute Gasteiger partial charge is 0.866 e. The van der Waals surface area contributed by atoms with Crippen molar-refractivity contribution in [1.82, 2.24) is 0 Å². The molecule has 0 saturated heterocycles. The van der Waals surface area contributed by atoms with Gasteiger partial charge < -0.3 is 20.1 Å². The van der Waals surface area contributed by atoms with E-state index in [0.29, 0.717) is 0 Å². The van der Waals surface area contributed by atoms with Crippen molar-refractivity contribution in [2.45, 2.75) is 12.5 Å². The third-order valence-corrected chi connectivity index (χ3v) is 0.904. The molecule has 11 heavy (non-hydrogen) atoms. The number of hydrogen-bond acceptors (Lipinski definition) is 5. The summed E-state index contributed by atoms with van der Waals surface area (Å²) >= 11 is 3.94. The Balaban J connectivity index is -0.000000320. The maximum absolute atomic E-state index is 9.95. The van der Waals surface area contributed by atoms with Gasteiger partial charge in [0.1, 0.15) is 0 Å². The minimum atomic E-state index is -1.59. The molecular weight excluding hydrogens is 190 g/mol. The zero-order valence-corrected chi connectivity index (χ0v) is 11.2. The molecular formula is C4H4Na2O4S. The molecule has 0 aliphatic heterocycles. The van der Waals surface area contributed by atoms with E-state index in [1.807, 2.05) is 0 Å². The Labute approximate surface area is 114 Å². The van der Waals surface area contributed by atoms with E-state index in [9.17, 15) is 15.0 Å². The van der Waals surface area contributed by atoms with Crippen molar-refractivity contribution in [2.24, 2.45) is 0 Å². The van der Waals surface area contributed by atoms with E-state index < -0.39 is 23.5 Å². The van der Waals surface area contributed by atoms with Crippen LogP contribution in [-0.2, 0) is 4.79 Å². The Morgan fingerprint density at radius 1 is 1.45 bits per heavy atom. The number of carboxylic acids is 1. The quantitative estimate of drug-likeness (QED) is 0.356. The fraction of sp³-hybridized carbons (Fsp3) is 0.500. The molecule has 0 aromatic rings. The molecule has 0 radical (unpaired) electrons. The van der Waals surface area contributed by atoms with Crippen LogP contribution in [0, 0.1) is 0 Å². The van der Waals surface area contributed by atoms with Crippen molar-refractivity contribution in [1.29, 1.82) is 0 Å². The molecule has 7 heteroatoms. The van der Waals surface area contributed by atoms with Crippen LogP contribution < -0.4 is 69.3 Å². The summed E-state index contributed by atoms with van der Waals surface area (Å²) in [5.41, 5.74) is 0. The summed E-state index contributed by atoms with van der Waals surface area (Å²) in [5.74, 6) is -1.49. The van der Waals surface area contributed by atoms with Crippen LogP contribution in [-0.4, -0.2) is 22.2 Å². The van der Waals surface area contributed by atoms with Gasteiger partial charge >= 0.3 is 59.1 Å². The van der Waals surface area contributed by atoms with E-state index in [2.05, 4.69) is 12.2 Å². The number of aliphatic carboxylic acids is 1.